The molecule has 0 saturated heterocycles. The zero-order chi connectivity index (χ0) is 13.2. The maximum absolute atomic E-state index is 5.78. The molecule has 2 N–H and O–H groups in total. The Morgan fingerprint density at radius 2 is 1.84 bits per heavy atom. The zero-order valence-electron chi connectivity index (χ0n) is 9.75. The van der Waals surface area contributed by atoms with Crippen LogP contribution in [0, 0.1) is 0 Å². The summed E-state index contributed by atoms with van der Waals surface area (Å²) in [4.78, 5) is 8.42. The number of nitrogen functional groups attached to an aromatic ring is 1. The average molecular weight is 273 g/mol. The molecule has 1 aromatic carbocycles. The van der Waals surface area contributed by atoms with Crippen molar-refractivity contribution in [3.05, 3.63) is 47.6 Å². The number of rotatable bonds is 2. The van der Waals surface area contributed by atoms with Crippen LogP contribution in [-0.4, -0.2) is 15.1 Å². The Bertz CT molecular complexity index is 631. The average Bonchev–Trinajstić information content (AvgIpc) is 2.90. The minimum Gasteiger partial charge on any atom is -0.399 e. The monoisotopic (exact) mass is 272 g/mol. The second-order valence-corrected chi connectivity index (χ2v) is 4.34. The molecule has 94 valence electrons. The maximum Gasteiger partial charge on any atom is 0.258 e. The van der Waals surface area contributed by atoms with Gasteiger partial charge in [0, 0.05) is 17.4 Å². The van der Waals surface area contributed by atoms with E-state index in [4.69, 9.17) is 21.9 Å². The molecule has 3 rings (SSSR count). The van der Waals surface area contributed by atoms with Crippen molar-refractivity contribution in [2.75, 3.05) is 5.73 Å². The molecule has 0 bridgehead atoms. The third-order valence-electron chi connectivity index (χ3n) is 2.54. The van der Waals surface area contributed by atoms with Crippen LogP contribution < -0.4 is 5.73 Å². The lowest BCUT2D eigenvalue weighted by Crippen LogP contribution is -1.86. The summed E-state index contributed by atoms with van der Waals surface area (Å²) in [5.74, 6) is 0.843. The van der Waals surface area contributed by atoms with E-state index < -0.39 is 0 Å². The van der Waals surface area contributed by atoms with Crippen molar-refractivity contribution >= 4 is 17.3 Å². The van der Waals surface area contributed by atoms with Crippen LogP contribution >= 0.6 is 11.6 Å². The van der Waals surface area contributed by atoms with Gasteiger partial charge in [0.15, 0.2) is 0 Å². The van der Waals surface area contributed by atoms with Gasteiger partial charge in [0.2, 0.25) is 5.82 Å². The predicted octanol–water partition coefficient (Wildman–Crippen LogP) is 3.03. The molecule has 0 saturated carbocycles. The molecule has 0 radical (unpaired) electrons. The first-order chi connectivity index (χ1) is 9.22. The number of pyridine rings is 1. The third-order valence-corrected chi connectivity index (χ3v) is 2.76. The molecule has 0 amide bonds. The van der Waals surface area contributed by atoms with Crippen LogP contribution in [0.15, 0.2) is 47.1 Å². The van der Waals surface area contributed by atoms with Crippen molar-refractivity contribution < 1.29 is 4.52 Å². The van der Waals surface area contributed by atoms with E-state index in [1.807, 2.05) is 12.1 Å². The van der Waals surface area contributed by atoms with Crippen molar-refractivity contribution in [2.24, 2.45) is 0 Å². The summed E-state index contributed by atoms with van der Waals surface area (Å²) in [7, 11) is 0. The summed E-state index contributed by atoms with van der Waals surface area (Å²) in [6.07, 6.45) is 1.54. The fraction of sp³-hybridized carbons (Fsp3) is 0. The van der Waals surface area contributed by atoms with Crippen molar-refractivity contribution in [1.29, 1.82) is 0 Å². The van der Waals surface area contributed by atoms with Gasteiger partial charge in [-0.25, -0.2) is 0 Å². The number of nitrogens with zero attached hydrogens (tertiary/aromatic N) is 3. The molecule has 3 aromatic rings. The topological polar surface area (TPSA) is 77.8 Å². The smallest absolute Gasteiger partial charge is 0.258 e. The van der Waals surface area contributed by atoms with E-state index in [2.05, 4.69) is 15.1 Å². The molecule has 0 aliphatic heterocycles. The zero-order valence-corrected chi connectivity index (χ0v) is 10.5. The van der Waals surface area contributed by atoms with E-state index in [9.17, 15) is 0 Å². The van der Waals surface area contributed by atoms with Gasteiger partial charge in [-0.05, 0) is 36.4 Å². The quantitative estimate of drug-likeness (QED) is 0.726. The van der Waals surface area contributed by atoms with Crippen LogP contribution in [0.2, 0.25) is 5.02 Å². The molecule has 2 aromatic heterocycles. The Morgan fingerprint density at radius 1 is 1.05 bits per heavy atom. The number of nitrogens with two attached hydrogens (primary N) is 1. The molecule has 0 atom stereocenters. The van der Waals surface area contributed by atoms with E-state index in [1.54, 1.807) is 24.3 Å². The van der Waals surface area contributed by atoms with Gasteiger partial charge < -0.3 is 10.3 Å². The molecule has 0 fully saturated rings. The fourth-order valence-corrected chi connectivity index (χ4v) is 1.69. The maximum atomic E-state index is 5.78. The van der Waals surface area contributed by atoms with E-state index in [0.29, 0.717) is 28.1 Å². The number of anilines is 1. The van der Waals surface area contributed by atoms with Crippen molar-refractivity contribution in [3.8, 4) is 23.0 Å². The molecule has 2 heterocycles. The summed E-state index contributed by atoms with van der Waals surface area (Å²) in [6.45, 7) is 0. The Balaban J connectivity index is 1.95. The van der Waals surface area contributed by atoms with Gasteiger partial charge in [0.1, 0.15) is 5.69 Å². The van der Waals surface area contributed by atoms with Gasteiger partial charge in [-0.15, -0.1) is 0 Å². The summed E-state index contributed by atoms with van der Waals surface area (Å²) in [6, 6.07) is 10.7. The highest BCUT2D eigenvalue weighted by Gasteiger charge is 2.11. The molecule has 0 aliphatic carbocycles. The highest BCUT2D eigenvalue weighted by atomic mass is 35.5. The SMILES string of the molecule is Nc1ccc(-c2nc(-c3ccc(Cl)cn3)no2)cc1. The molecule has 0 spiro atoms. The number of benzene rings is 1. The van der Waals surface area contributed by atoms with Crippen LogP contribution in [0.5, 0.6) is 0 Å². The Kier molecular flexibility index (Phi) is 2.89. The first-order valence-corrected chi connectivity index (χ1v) is 5.92. The Hall–Kier alpha value is -2.40. The molecular formula is C13H9ClN4O. The fourth-order valence-electron chi connectivity index (χ4n) is 1.58. The molecule has 5 nitrogen and oxygen atoms in total. The van der Waals surface area contributed by atoms with Crippen LogP contribution in [-0.2, 0) is 0 Å². The summed E-state index contributed by atoms with van der Waals surface area (Å²) in [5.41, 5.74) is 7.72. The normalized spacial score (nSPS) is 10.6. The van der Waals surface area contributed by atoms with Crippen LogP contribution in [0.1, 0.15) is 0 Å². The lowest BCUT2D eigenvalue weighted by Gasteiger charge is -1.94. The van der Waals surface area contributed by atoms with Crippen LogP contribution in [0.25, 0.3) is 23.0 Å². The molecule has 6 heteroatoms. The van der Waals surface area contributed by atoms with Crippen molar-refractivity contribution in [2.45, 2.75) is 0 Å². The first kappa shape index (κ1) is 11.7. The van der Waals surface area contributed by atoms with Gasteiger partial charge in [-0.2, -0.15) is 4.98 Å². The number of aromatic nitrogens is 3. The van der Waals surface area contributed by atoms with Gasteiger partial charge in [0.05, 0.1) is 5.02 Å². The van der Waals surface area contributed by atoms with E-state index in [0.717, 1.165) is 5.56 Å². The van der Waals surface area contributed by atoms with Gasteiger partial charge in [-0.3, -0.25) is 4.98 Å². The van der Waals surface area contributed by atoms with Crippen LogP contribution in [0.3, 0.4) is 0 Å². The van der Waals surface area contributed by atoms with Gasteiger partial charge >= 0.3 is 0 Å². The standard InChI is InChI=1S/C13H9ClN4O/c14-9-3-6-11(16-7-9)12-17-13(19-18-12)8-1-4-10(15)5-2-8/h1-7H,15H2. The summed E-state index contributed by atoms with van der Waals surface area (Å²) in [5, 5.41) is 4.45. The number of halogens is 1. The Morgan fingerprint density at radius 3 is 2.53 bits per heavy atom. The van der Waals surface area contributed by atoms with Crippen LogP contribution in [0.4, 0.5) is 5.69 Å². The molecular weight excluding hydrogens is 264 g/mol. The molecule has 0 aliphatic rings. The Labute approximate surface area is 114 Å². The van der Waals surface area contributed by atoms with Crippen molar-refractivity contribution in [1.82, 2.24) is 15.1 Å². The second kappa shape index (κ2) is 4.70. The van der Waals surface area contributed by atoms with Crippen molar-refractivity contribution in [3.63, 3.8) is 0 Å². The predicted molar refractivity (Wildman–Crippen MR) is 72.4 cm³/mol. The third kappa shape index (κ3) is 2.41. The first-order valence-electron chi connectivity index (χ1n) is 5.54. The van der Waals surface area contributed by atoms with E-state index in [1.165, 1.54) is 6.20 Å². The lowest BCUT2D eigenvalue weighted by molar-refractivity contribution is 0.432. The largest absolute Gasteiger partial charge is 0.399 e. The molecule has 0 unspecified atom stereocenters. The number of hydrogen-bond acceptors (Lipinski definition) is 5. The number of hydrogen-bond donors (Lipinski definition) is 1. The molecule has 19 heavy (non-hydrogen) atoms. The van der Waals surface area contributed by atoms with E-state index in [-0.39, 0.29) is 0 Å². The summed E-state index contributed by atoms with van der Waals surface area (Å²) < 4.78 is 5.20. The lowest BCUT2D eigenvalue weighted by atomic mass is 10.2. The minimum atomic E-state index is 0.420. The highest BCUT2D eigenvalue weighted by Crippen LogP contribution is 2.22. The van der Waals surface area contributed by atoms with Gasteiger partial charge in [-0.1, -0.05) is 16.8 Å². The summed E-state index contributed by atoms with van der Waals surface area (Å²) >= 11 is 5.78. The van der Waals surface area contributed by atoms with Gasteiger partial charge in [0.25, 0.3) is 5.89 Å². The second-order valence-electron chi connectivity index (χ2n) is 3.91. The highest BCUT2D eigenvalue weighted by molar-refractivity contribution is 6.30. The van der Waals surface area contributed by atoms with E-state index >= 15 is 0 Å². The minimum absolute atomic E-state index is 0.420.